The smallest absolute Gasteiger partial charge is 0.238 e. The van der Waals surface area contributed by atoms with Crippen molar-refractivity contribution in [2.24, 2.45) is 0 Å². The molecule has 2 aromatic rings. The zero-order valence-corrected chi connectivity index (χ0v) is 17.3. The standard InChI is InChI=1S/C20H23Cl2N3O2/c1-12-7-13(2)20(14(3)8-12)24-19(27)11-25(4)10-18(26)23-17-6-5-15(21)9-16(17)22/h5-9H,10-11H2,1-4H3,(H,23,26)(H,24,27). The Morgan fingerprint density at radius 3 is 2.04 bits per heavy atom. The largest absolute Gasteiger partial charge is 0.324 e. The summed E-state index contributed by atoms with van der Waals surface area (Å²) in [6, 6.07) is 8.89. The summed E-state index contributed by atoms with van der Waals surface area (Å²) in [5.74, 6) is -0.443. The van der Waals surface area contributed by atoms with Gasteiger partial charge in [0.05, 0.1) is 23.8 Å². The van der Waals surface area contributed by atoms with Crippen molar-refractivity contribution in [2.45, 2.75) is 20.8 Å². The summed E-state index contributed by atoms with van der Waals surface area (Å²) in [6.45, 7) is 6.09. The zero-order valence-electron chi connectivity index (χ0n) is 15.8. The Hall–Kier alpha value is -2.08. The Kier molecular flexibility index (Phi) is 7.25. The van der Waals surface area contributed by atoms with Crippen molar-refractivity contribution in [1.82, 2.24) is 4.90 Å². The highest BCUT2D eigenvalue weighted by molar-refractivity contribution is 6.36. The number of likely N-dealkylation sites (N-methyl/N-ethyl adjacent to an activating group) is 1. The van der Waals surface area contributed by atoms with Crippen molar-refractivity contribution in [3.63, 3.8) is 0 Å². The highest BCUT2D eigenvalue weighted by Crippen LogP contribution is 2.25. The van der Waals surface area contributed by atoms with Crippen molar-refractivity contribution in [2.75, 3.05) is 30.8 Å². The van der Waals surface area contributed by atoms with E-state index in [4.69, 9.17) is 23.2 Å². The van der Waals surface area contributed by atoms with Crippen LogP contribution in [0.15, 0.2) is 30.3 Å². The number of carbonyl (C=O) groups is 2. The van der Waals surface area contributed by atoms with Gasteiger partial charge in [0.25, 0.3) is 0 Å². The maximum atomic E-state index is 12.3. The second-order valence-electron chi connectivity index (χ2n) is 6.67. The lowest BCUT2D eigenvalue weighted by atomic mass is 10.1. The number of carbonyl (C=O) groups excluding carboxylic acids is 2. The van der Waals surface area contributed by atoms with E-state index in [0.29, 0.717) is 15.7 Å². The van der Waals surface area contributed by atoms with Gasteiger partial charge in [0, 0.05) is 10.7 Å². The molecule has 0 saturated carbocycles. The first-order valence-corrected chi connectivity index (χ1v) is 9.22. The summed E-state index contributed by atoms with van der Waals surface area (Å²) in [4.78, 5) is 26.1. The summed E-state index contributed by atoms with van der Waals surface area (Å²) >= 11 is 11.9. The van der Waals surface area contributed by atoms with E-state index >= 15 is 0 Å². The average Bonchev–Trinajstić information content (AvgIpc) is 2.53. The lowest BCUT2D eigenvalue weighted by Gasteiger charge is -2.18. The Morgan fingerprint density at radius 2 is 1.48 bits per heavy atom. The predicted molar refractivity (Wildman–Crippen MR) is 112 cm³/mol. The molecule has 2 rings (SSSR count). The molecule has 0 atom stereocenters. The van der Waals surface area contributed by atoms with E-state index in [2.05, 4.69) is 10.6 Å². The molecular weight excluding hydrogens is 385 g/mol. The number of halogens is 2. The highest BCUT2D eigenvalue weighted by atomic mass is 35.5. The fourth-order valence-electron chi connectivity index (χ4n) is 2.88. The molecule has 2 aromatic carbocycles. The quantitative estimate of drug-likeness (QED) is 0.744. The van der Waals surface area contributed by atoms with E-state index in [1.54, 1.807) is 30.1 Å². The highest BCUT2D eigenvalue weighted by Gasteiger charge is 2.14. The molecule has 7 heteroatoms. The minimum atomic E-state index is -0.266. The number of benzene rings is 2. The summed E-state index contributed by atoms with van der Waals surface area (Å²) in [5, 5.41) is 6.50. The molecule has 0 aromatic heterocycles. The topological polar surface area (TPSA) is 61.4 Å². The van der Waals surface area contributed by atoms with Gasteiger partial charge in [-0.1, -0.05) is 40.9 Å². The Balaban J connectivity index is 1.90. The van der Waals surface area contributed by atoms with E-state index in [1.807, 2.05) is 32.9 Å². The van der Waals surface area contributed by atoms with E-state index in [1.165, 1.54) is 0 Å². The SMILES string of the molecule is Cc1cc(C)c(NC(=O)CN(C)CC(=O)Nc2ccc(Cl)cc2Cl)c(C)c1. The van der Waals surface area contributed by atoms with Gasteiger partial charge in [0.2, 0.25) is 11.8 Å². The second-order valence-corrected chi connectivity index (χ2v) is 7.51. The van der Waals surface area contributed by atoms with Crippen molar-refractivity contribution >= 4 is 46.4 Å². The minimum Gasteiger partial charge on any atom is -0.324 e. The van der Waals surface area contributed by atoms with Gasteiger partial charge < -0.3 is 10.6 Å². The molecule has 2 amide bonds. The molecule has 27 heavy (non-hydrogen) atoms. The Labute approximate surface area is 169 Å². The van der Waals surface area contributed by atoms with E-state index in [-0.39, 0.29) is 24.9 Å². The first kappa shape index (κ1) is 21.2. The van der Waals surface area contributed by atoms with Gasteiger partial charge in [0.1, 0.15) is 0 Å². The normalized spacial score (nSPS) is 10.8. The molecule has 0 aliphatic carbocycles. The molecule has 0 radical (unpaired) electrons. The van der Waals surface area contributed by atoms with Crippen LogP contribution >= 0.6 is 23.2 Å². The third kappa shape index (κ3) is 6.24. The van der Waals surface area contributed by atoms with Crippen molar-refractivity contribution in [3.8, 4) is 0 Å². The van der Waals surface area contributed by atoms with Gasteiger partial charge in [0.15, 0.2) is 0 Å². The third-order valence-corrected chi connectivity index (χ3v) is 4.52. The monoisotopic (exact) mass is 407 g/mol. The predicted octanol–water partition coefficient (Wildman–Crippen LogP) is 4.43. The van der Waals surface area contributed by atoms with Gasteiger partial charge in [-0.05, 0) is 57.1 Å². The molecule has 0 spiro atoms. The summed E-state index contributed by atoms with van der Waals surface area (Å²) in [6.07, 6.45) is 0. The van der Waals surface area contributed by atoms with Crippen LogP contribution in [0.25, 0.3) is 0 Å². The van der Waals surface area contributed by atoms with Crippen molar-refractivity contribution in [1.29, 1.82) is 0 Å². The van der Waals surface area contributed by atoms with Crippen LogP contribution in [0.5, 0.6) is 0 Å². The van der Waals surface area contributed by atoms with Crippen LogP contribution in [0.1, 0.15) is 16.7 Å². The molecule has 144 valence electrons. The molecule has 0 aliphatic heterocycles. The Bertz CT molecular complexity index is 845. The number of nitrogens with one attached hydrogen (secondary N) is 2. The molecule has 0 unspecified atom stereocenters. The van der Waals surface area contributed by atoms with Crippen LogP contribution in [0.3, 0.4) is 0 Å². The summed E-state index contributed by atoms with van der Waals surface area (Å²) in [5.41, 5.74) is 4.47. The van der Waals surface area contributed by atoms with Crippen LogP contribution in [0, 0.1) is 20.8 Å². The van der Waals surface area contributed by atoms with Crippen LogP contribution < -0.4 is 10.6 Å². The van der Waals surface area contributed by atoms with Gasteiger partial charge in [-0.2, -0.15) is 0 Å². The lowest BCUT2D eigenvalue weighted by molar-refractivity contribution is -0.119. The van der Waals surface area contributed by atoms with Gasteiger partial charge in [-0.25, -0.2) is 0 Å². The van der Waals surface area contributed by atoms with Crippen LogP contribution in [0.4, 0.5) is 11.4 Å². The third-order valence-electron chi connectivity index (χ3n) is 3.97. The van der Waals surface area contributed by atoms with E-state index in [0.717, 1.165) is 22.4 Å². The molecule has 0 bridgehead atoms. The molecule has 0 heterocycles. The number of nitrogens with zero attached hydrogens (tertiary/aromatic N) is 1. The van der Waals surface area contributed by atoms with Crippen LogP contribution in [-0.2, 0) is 9.59 Å². The van der Waals surface area contributed by atoms with Crippen LogP contribution in [0.2, 0.25) is 10.0 Å². The molecule has 0 aliphatic rings. The maximum absolute atomic E-state index is 12.3. The minimum absolute atomic E-state index is 0.0538. The number of aryl methyl sites for hydroxylation is 3. The first-order chi connectivity index (χ1) is 12.7. The average molecular weight is 408 g/mol. The van der Waals surface area contributed by atoms with E-state index in [9.17, 15) is 9.59 Å². The summed E-state index contributed by atoms with van der Waals surface area (Å²) in [7, 11) is 1.71. The number of amides is 2. The number of rotatable bonds is 6. The van der Waals surface area contributed by atoms with Gasteiger partial charge >= 0.3 is 0 Å². The maximum Gasteiger partial charge on any atom is 0.238 e. The fraction of sp³-hybridized carbons (Fsp3) is 0.300. The molecule has 5 nitrogen and oxygen atoms in total. The van der Waals surface area contributed by atoms with Gasteiger partial charge in [-0.3, -0.25) is 14.5 Å². The van der Waals surface area contributed by atoms with E-state index < -0.39 is 0 Å². The number of hydrogen-bond donors (Lipinski definition) is 2. The second kappa shape index (κ2) is 9.22. The molecule has 2 N–H and O–H groups in total. The molecular formula is C20H23Cl2N3O2. The first-order valence-electron chi connectivity index (χ1n) is 8.47. The lowest BCUT2D eigenvalue weighted by Crippen LogP contribution is -2.36. The van der Waals surface area contributed by atoms with Crippen molar-refractivity contribution in [3.05, 3.63) is 57.1 Å². The Morgan fingerprint density at radius 1 is 0.926 bits per heavy atom. The molecule has 0 saturated heterocycles. The summed E-state index contributed by atoms with van der Waals surface area (Å²) < 4.78 is 0. The van der Waals surface area contributed by atoms with Crippen molar-refractivity contribution < 1.29 is 9.59 Å². The fourth-order valence-corrected chi connectivity index (χ4v) is 3.34. The van der Waals surface area contributed by atoms with Gasteiger partial charge in [-0.15, -0.1) is 0 Å². The zero-order chi connectivity index (χ0) is 20.1. The molecule has 0 fully saturated rings. The number of anilines is 2. The number of hydrogen-bond acceptors (Lipinski definition) is 3. The van der Waals surface area contributed by atoms with Crippen LogP contribution in [-0.4, -0.2) is 36.9 Å².